The van der Waals surface area contributed by atoms with Gasteiger partial charge in [0.2, 0.25) is 0 Å². The molecule has 35 heavy (non-hydrogen) atoms. The Labute approximate surface area is 202 Å². The number of aliphatic carboxylic acids is 1. The van der Waals surface area contributed by atoms with Gasteiger partial charge < -0.3 is 24.3 Å². The molecule has 184 valence electrons. The smallest absolute Gasteiger partial charge is 0.340 e. The minimum atomic E-state index is -0.997. The highest BCUT2D eigenvalue weighted by molar-refractivity contribution is 5.92. The van der Waals surface area contributed by atoms with Crippen molar-refractivity contribution in [2.45, 2.75) is 52.1 Å². The van der Waals surface area contributed by atoms with Gasteiger partial charge in [-0.25, -0.2) is 4.79 Å². The monoisotopic (exact) mass is 479 g/mol. The van der Waals surface area contributed by atoms with Crippen LogP contribution in [0.2, 0.25) is 0 Å². The van der Waals surface area contributed by atoms with Gasteiger partial charge in [-0.2, -0.15) is 0 Å². The zero-order chi connectivity index (χ0) is 25.2. The molecule has 2 heterocycles. The number of carbonyl (C=O) groups excluding carboxylic acids is 1. The van der Waals surface area contributed by atoms with Gasteiger partial charge in [0.05, 0.1) is 11.8 Å². The molecule has 0 radical (unpaired) electrons. The molecular formula is C27H29NO7. The highest BCUT2D eigenvalue weighted by Crippen LogP contribution is 2.43. The second kappa shape index (κ2) is 9.82. The number of carboxylic acids is 1. The van der Waals surface area contributed by atoms with Crippen LogP contribution in [0.3, 0.4) is 0 Å². The molecule has 1 aliphatic heterocycles. The fourth-order valence-corrected chi connectivity index (χ4v) is 4.30. The molecule has 0 saturated carbocycles. The zero-order valence-corrected chi connectivity index (χ0v) is 20.1. The van der Waals surface area contributed by atoms with Gasteiger partial charge in [0.1, 0.15) is 22.7 Å². The highest BCUT2D eigenvalue weighted by atomic mass is 16.5. The van der Waals surface area contributed by atoms with Gasteiger partial charge >= 0.3 is 11.6 Å². The normalized spacial score (nSPS) is 14.1. The lowest BCUT2D eigenvalue weighted by Gasteiger charge is -2.33. The SMILES string of the molecule is Cc1c(Cc2ccccc2)c(=O)oc2c3c(cc(OCC(=O)NCCC(=O)O)c12)OC(C)(C)CC3. The Morgan fingerprint density at radius 1 is 1.20 bits per heavy atom. The number of hydrogen-bond acceptors (Lipinski definition) is 6. The average Bonchev–Trinajstić information content (AvgIpc) is 2.79. The molecule has 1 aromatic heterocycles. The molecule has 0 saturated heterocycles. The van der Waals surface area contributed by atoms with E-state index in [0.29, 0.717) is 40.9 Å². The number of rotatable bonds is 8. The van der Waals surface area contributed by atoms with Gasteiger partial charge in [0.25, 0.3) is 5.91 Å². The van der Waals surface area contributed by atoms with E-state index in [4.69, 9.17) is 19.0 Å². The van der Waals surface area contributed by atoms with Gasteiger partial charge in [0.15, 0.2) is 6.61 Å². The van der Waals surface area contributed by atoms with Crippen LogP contribution in [0.15, 0.2) is 45.6 Å². The van der Waals surface area contributed by atoms with Crippen LogP contribution < -0.4 is 20.4 Å². The third-order valence-electron chi connectivity index (χ3n) is 6.18. The van der Waals surface area contributed by atoms with E-state index < -0.39 is 23.1 Å². The van der Waals surface area contributed by atoms with Gasteiger partial charge in [-0.15, -0.1) is 0 Å². The third kappa shape index (κ3) is 5.48. The summed E-state index contributed by atoms with van der Waals surface area (Å²) in [5.74, 6) is -0.505. The van der Waals surface area contributed by atoms with Crippen molar-refractivity contribution in [1.29, 1.82) is 0 Å². The number of hydrogen-bond donors (Lipinski definition) is 2. The predicted octanol–water partition coefficient (Wildman–Crippen LogP) is 3.77. The first kappa shape index (κ1) is 24.3. The fraction of sp³-hybridized carbons (Fsp3) is 0.370. The van der Waals surface area contributed by atoms with Gasteiger partial charge in [-0.05, 0) is 44.7 Å². The number of aryl methyl sites for hydroxylation is 2. The molecule has 4 rings (SSSR count). The first-order valence-electron chi connectivity index (χ1n) is 11.6. The van der Waals surface area contributed by atoms with Crippen molar-refractivity contribution in [3.63, 3.8) is 0 Å². The molecule has 0 bridgehead atoms. The number of fused-ring (bicyclic) bond motifs is 3. The Hall–Kier alpha value is -3.81. The van der Waals surface area contributed by atoms with Crippen molar-refractivity contribution in [2.24, 2.45) is 0 Å². The number of carbonyl (C=O) groups is 2. The van der Waals surface area contributed by atoms with Gasteiger partial charge in [-0.1, -0.05) is 30.3 Å². The zero-order valence-electron chi connectivity index (χ0n) is 20.1. The maximum absolute atomic E-state index is 13.1. The third-order valence-corrected chi connectivity index (χ3v) is 6.18. The van der Waals surface area contributed by atoms with Crippen LogP contribution in [-0.4, -0.2) is 35.7 Å². The van der Waals surface area contributed by atoms with Crippen LogP contribution in [0, 0.1) is 6.92 Å². The van der Waals surface area contributed by atoms with E-state index in [9.17, 15) is 14.4 Å². The van der Waals surface area contributed by atoms with Crippen molar-refractivity contribution >= 4 is 22.8 Å². The molecule has 0 unspecified atom stereocenters. The minimum absolute atomic E-state index is 0.00882. The summed E-state index contributed by atoms with van der Waals surface area (Å²) in [5.41, 5.74) is 2.66. The summed E-state index contributed by atoms with van der Waals surface area (Å²) in [5, 5.41) is 11.9. The Morgan fingerprint density at radius 3 is 2.66 bits per heavy atom. The molecule has 0 fully saturated rings. The maximum Gasteiger partial charge on any atom is 0.340 e. The lowest BCUT2D eigenvalue weighted by atomic mass is 9.91. The summed E-state index contributed by atoms with van der Waals surface area (Å²) in [7, 11) is 0. The van der Waals surface area contributed by atoms with Crippen LogP contribution in [0.4, 0.5) is 0 Å². The molecule has 1 aliphatic rings. The number of amides is 1. The number of carboxylic acid groups (broad SMARTS) is 1. The van der Waals surface area contributed by atoms with E-state index in [1.165, 1.54) is 0 Å². The summed E-state index contributed by atoms with van der Waals surface area (Å²) in [6.07, 6.45) is 1.66. The Bertz CT molecular complexity index is 1330. The highest BCUT2D eigenvalue weighted by Gasteiger charge is 2.31. The number of benzene rings is 2. The van der Waals surface area contributed by atoms with E-state index in [1.807, 2.05) is 51.1 Å². The molecule has 3 aromatic rings. The molecule has 0 spiro atoms. The predicted molar refractivity (Wildman–Crippen MR) is 130 cm³/mol. The first-order valence-corrected chi connectivity index (χ1v) is 11.6. The Kier molecular flexibility index (Phi) is 6.82. The van der Waals surface area contributed by atoms with Gasteiger partial charge in [-0.3, -0.25) is 9.59 Å². The Morgan fingerprint density at radius 2 is 1.94 bits per heavy atom. The lowest BCUT2D eigenvalue weighted by molar-refractivity contribution is -0.137. The van der Waals surface area contributed by atoms with Crippen molar-refractivity contribution in [1.82, 2.24) is 5.32 Å². The fourth-order valence-electron chi connectivity index (χ4n) is 4.30. The van der Waals surface area contributed by atoms with Gasteiger partial charge in [0, 0.05) is 30.2 Å². The van der Waals surface area contributed by atoms with E-state index in [2.05, 4.69) is 5.32 Å². The summed E-state index contributed by atoms with van der Waals surface area (Å²) >= 11 is 0. The minimum Gasteiger partial charge on any atom is -0.487 e. The molecule has 8 nitrogen and oxygen atoms in total. The molecule has 0 aliphatic carbocycles. The van der Waals surface area contributed by atoms with Crippen molar-refractivity contribution in [3.05, 3.63) is 69.1 Å². The molecule has 1 amide bonds. The second-order valence-corrected chi connectivity index (χ2v) is 9.36. The van der Waals surface area contributed by atoms with E-state index in [1.54, 1.807) is 6.07 Å². The summed E-state index contributed by atoms with van der Waals surface area (Å²) < 4.78 is 17.9. The largest absolute Gasteiger partial charge is 0.487 e. The molecule has 8 heteroatoms. The Balaban J connectivity index is 1.75. The standard InChI is InChI=1S/C27H29NO7/c1-16-19(13-17-7-5-4-6-8-17)26(32)34-25-18-9-11-27(2,3)35-20(18)14-21(24(16)25)33-15-22(29)28-12-10-23(30)31/h4-8,14H,9-13,15H2,1-3H3,(H,28,29)(H,30,31). The van der Waals surface area contributed by atoms with E-state index in [-0.39, 0.29) is 19.6 Å². The molecule has 2 aromatic carbocycles. The lowest BCUT2D eigenvalue weighted by Crippen LogP contribution is -2.33. The maximum atomic E-state index is 13.1. The van der Waals surface area contributed by atoms with Crippen LogP contribution in [-0.2, 0) is 22.4 Å². The first-order chi connectivity index (χ1) is 16.6. The van der Waals surface area contributed by atoms with E-state index >= 15 is 0 Å². The van der Waals surface area contributed by atoms with Crippen molar-refractivity contribution in [3.8, 4) is 11.5 Å². The van der Waals surface area contributed by atoms with E-state index in [0.717, 1.165) is 23.1 Å². The number of ether oxygens (including phenoxy) is 2. The van der Waals surface area contributed by atoms with Crippen molar-refractivity contribution in [2.75, 3.05) is 13.2 Å². The number of nitrogens with one attached hydrogen (secondary N) is 1. The molecular weight excluding hydrogens is 450 g/mol. The topological polar surface area (TPSA) is 115 Å². The average molecular weight is 480 g/mol. The summed E-state index contributed by atoms with van der Waals surface area (Å²) in [4.78, 5) is 36.0. The quantitative estimate of drug-likeness (QED) is 0.473. The van der Waals surface area contributed by atoms with Crippen LogP contribution in [0.25, 0.3) is 11.0 Å². The summed E-state index contributed by atoms with van der Waals surface area (Å²) in [6.45, 7) is 5.53. The molecule has 2 N–H and O–H groups in total. The van der Waals surface area contributed by atoms with Crippen LogP contribution >= 0.6 is 0 Å². The van der Waals surface area contributed by atoms with Crippen molar-refractivity contribution < 1.29 is 28.6 Å². The second-order valence-electron chi connectivity index (χ2n) is 9.36. The van der Waals surface area contributed by atoms with Crippen LogP contribution in [0.5, 0.6) is 11.5 Å². The summed E-state index contributed by atoms with van der Waals surface area (Å²) in [6, 6.07) is 11.4. The molecule has 0 atom stereocenters. The van der Waals surface area contributed by atoms with Crippen LogP contribution in [0.1, 0.15) is 48.9 Å².